The summed E-state index contributed by atoms with van der Waals surface area (Å²) in [6.45, 7) is 5.93. The van der Waals surface area contributed by atoms with Crippen LogP contribution in [-0.2, 0) is 4.79 Å². The maximum atomic E-state index is 12.3. The molecule has 2 rings (SSSR count). The summed E-state index contributed by atoms with van der Waals surface area (Å²) in [5.41, 5.74) is 2.22. The van der Waals surface area contributed by atoms with Gasteiger partial charge in [-0.1, -0.05) is 36.1 Å². The zero-order valence-corrected chi connectivity index (χ0v) is 14.7. The summed E-state index contributed by atoms with van der Waals surface area (Å²) in [7, 11) is 0. The molecule has 1 atom stereocenters. The summed E-state index contributed by atoms with van der Waals surface area (Å²) >= 11 is 2.85. The van der Waals surface area contributed by atoms with E-state index in [0.29, 0.717) is 17.3 Å². The van der Waals surface area contributed by atoms with E-state index in [1.807, 2.05) is 39.2 Å². The first-order valence-electron chi connectivity index (χ1n) is 6.95. The van der Waals surface area contributed by atoms with Crippen molar-refractivity contribution >= 4 is 34.1 Å². The maximum Gasteiger partial charge on any atom is 0.267 e. The van der Waals surface area contributed by atoms with Crippen LogP contribution in [0.4, 0.5) is 5.13 Å². The topological polar surface area (TPSA) is 64.1 Å². The molecule has 2 aromatic rings. The zero-order valence-electron chi connectivity index (χ0n) is 13.0. The number of amides is 1. The summed E-state index contributed by atoms with van der Waals surface area (Å²) in [5, 5.41) is 11.2. The van der Waals surface area contributed by atoms with Gasteiger partial charge in [-0.25, -0.2) is 0 Å². The number of nitrogens with zero attached hydrogens (tertiary/aromatic N) is 2. The lowest BCUT2D eigenvalue weighted by Crippen LogP contribution is -2.32. The first-order chi connectivity index (χ1) is 10.5. The zero-order chi connectivity index (χ0) is 16.1. The van der Waals surface area contributed by atoms with Gasteiger partial charge in [0, 0.05) is 0 Å². The third-order valence-electron chi connectivity index (χ3n) is 2.95. The average molecular weight is 337 g/mol. The fraction of sp³-hybridized carbons (Fsp3) is 0.400. The number of rotatable bonds is 6. The number of aromatic nitrogens is 2. The number of nitrogens with one attached hydrogen (secondary N) is 1. The molecule has 1 amide bonds. The fourth-order valence-corrected chi connectivity index (χ4v) is 3.19. The van der Waals surface area contributed by atoms with Crippen molar-refractivity contribution in [1.82, 2.24) is 10.2 Å². The largest absolute Gasteiger partial charge is 0.481 e. The van der Waals surface area contributed by atoms with Crippen LogP contribution in [0, 0.1) is 13.8 Å². The quantitative estimate of drug-likeness (QED) is 0.643. The number of carbonyl (C=O) groups is 1. The highest BCUT2D eigenvalue weighted by atomic mass is 32.2. The van der Waals surface area contributed by atoms with E-state index in [4.69, 9.17) is 4.74 Å². The van der Waals surface area contributed by atoms with Crippen LogP contribution in [0.15, 0.2) is 22.5 Å². The van der Waals surface area contributed by atoms with Crippen molar-refractivity contribution in [1.29, 1.82) is 0 Å². The lowest BCUT2D eigenvalue weighted by atomic mass is 10.1. The van der Waals surface area contributed by atoms with Gasteiger partial charge in [0.15, 0.2) is 10.4 Å². The molecule has 0 saturated carbocycles. The highest BCUT2D eigenvalue weighted by Crippen LogP contribution is 2.24. The molecule has 0 spiro atoms. The number of aryl methyl sites for hydroxylation is 2. The van der Waals surface area contributed by atoms with Crippen LogP contribution >= 0.6 is 23.1 Å². The van der Waals surface area contributed by atoms with Crippen LogP contribution in [-0.4, -0.2) is 28.5 Å². The molecule has 0 aliphatic carbocycles. The van der Waals surface area contributed by atoms with E-state index in [0.717, 1.165) is 15.5 Å². The standard InChI is InChI=1S/C15H19N3O2S2/c1-5-12(20-11-7-9(2)6-10(3)8-11)13(19)16-14-17-18-15(21-4)22-14/h6-8,12H,5H2,1-4H3,(H,16,17,19)/t12-/m0/s1. The number of ether oxygens (including phenoxy) is 1. The van der Waals surface area contributed by atoms with E-state index in [1.165, 1.54) is 23.1 Å². The van der Waals surface area contributed by atoms with Crippen LogP contribution in [0.1, 0.15) is 24.5 Å². The van der Waals surface area contributed by atoms with Gasteiger partial charge >= 0.3 is 0 Å². The molecule has 22 heavy (non-hydrogen) atoms. The number of hydrogen-bond acceptors (Lipinski definition) is 6. The van der Waals surface area contributed by atoms with Gasteiger partial charge in [0.2, 0.25) is 5.13 Å². The Labute approximate surface area is 138 Å². The van der Waals surface area contributed by atoms with Crippen LogP contribution < -0.4 is 10.1 Å². The third kappa shape index (κ3) is 4.45. The minimum Gasteiger partial charge on any atom is -0.481 e. The second kappa shape index (κ2) is 7.60. The molecule has 0 saturated heterocycles. The van der Waals surface area contributed by atoms with E-state index in [-0.39, 0.29) is 5.91 Å². The van der Waals surface area contributed by atoms with E-state index >= 15 is 0 Å². The summed E-state index contributed by atoms with van der Waals surface area (Å²) in [6, 6.07) is 5.93. The Bertz CT molecular complexity index is 638. The highest BCUT2D eigenvalue weighted by Gasteiger charge is 2.20. The number of hydrogen-bond donors (Lipinski definition) is 1. The van der Waals surface area contributed by atoms with Crippen molar-refractivity contribution < 1.29 is 9.53 Å². The van der Waals surface area contributed by atoms with Crippen LogP contribution in [0.3, 0.4) is 0 Å². The molecule has 5 nitrogen and oxygen atoms in total. The first kappa shape index (κ1) is 16.8. The van der Waals surface area contributed by atoms with E-state index in [1.54, 1.807) is 0 Å². The van der Waals surface area contributed by atoms with Crippen molar-refractivity contribution in [3.8, 4) is 5.75 Å². The molecule has 118 valence electrons. The number of benzene rings is 1. The lowest BCUT2D eigenvalue weighted by Gasteiger charge is -2.17. The number of carbonyl (C=O) groups excluding carboxylic acids is 1. The molecule has 1 heterocycles. The molecule has 7 heteroatoms. The SMILES string of the molecule is CC[C@H](Oc1cc(C)cc(C)c1)C(=O)Nc1nnc(SC)s1. The van der Waals surface area contributed by atoms with Gasteiger partial charge in [-0.05, 0) is 49.8 Å². The van der Waals surface area contributed by atoms with Crippen LogP contribution in [0.2, 0.25) is 0 Å². The minimum absolute atomic E-state index is 0.203. The van der Waals surface area contributed by atoms with Crippen LogP contribution in [0.5, 0.6) is 5.75 Å². The van der Waals surface area contributed by atoms with Crippen LogP contribution in [0.25, 0.3) is 0 Å². The Kier molecular flexibility index (Phi) is 5.79. The van der Waals surface area contributed by atoms with Gasteiger partial charge in [-0.15, -0.1) is 10.2 Å². The Morgan fingerprint density at radius 3 is 2.55 bits per heavy atom. The Morgan fingerprint density at radius 1 is 1.32 bits per heavy atom. The normalized spacial score (nSPS) is 12.0. The molecule has 0 aliphatic heterocycles. The smallest absolute Gasteiger partial charge is 0.267 e. The van der Waals surface area contributed by atoms with Crippen molar-refractivity contribution in [2.45, 2.75) is 37.6 Å². The summed E-state index contributed by atoms with van der Waals surface area (Å²) < 4.78 is 6.65. The third-order valence-corrected chi connectivity index (χ3v) is 4.76. The van der Waals surface area contributed by atoms with Crippen molar-refractivity contribution in [2.75, 3.05) is 11.6 Å². The molecule has 0 aliphatic rings. The number of thioether (sulfide) groups is 1. The molecule has 0 radical (unpaired) electrons. The molecule has 0 fully saturated rings. The second-order valence-corrected chi connectivity index (χ2v) is 6.94. The van der Waals surface area contributed by atoms with Gasteiger partial charge in [-0.2, -0.15) is 0 Å². The lowest BCUT2D eigenvalue weighted by molar-refractivity contribution is -0.122. The van der Waals surface area contributed by atoms with Gasteiger partial charge in [0.05, 0.1) is 0 Å². The predicted octanol–water partition coefficient (Wildman–Crippen LogP) is 3.67. The van der Waals surface area contributed by atoms with Gasteiger partial charge < -0.3 is 4.74 Å². The minimum atomic E-state index is -0.553. The first-order valence-corrected chi connectivity index (χ1v) is 8.99. The van der Waals surface area contributed by atoms with Crippen molar-refractivity contribution in [2.24, 2.45) is 0 Å². The maximum absolute atomic E-state index is 12.3. The van der Waals surface area contributed by atoms with Crippen molar-refractivity contribution in [3.63, 3.8) is 0 Å². The van der Waals surface area contributed by atoms with Gasteiger partial charge in [0.1, 0.15) is 5.75 Å². The summed E-state index contributed by atoms with van der Waals surface area (Å²) in [5.74, 6) is 0.507. The summed E-state index contributed by atoms with van der Waals surface area (Å²) in [6.07, 6.45) is 1.94. The second-order valence-electron chi connectivity index (χ2n) is 4.90. The molecule has 0 bridgehead atoms. The van der Waals surface area contributed by atoms with E-state index < -0.39 is 6.10 Å². The Balaban J connectivity index is 2.05. The monoisotopic (exact) mass is 337 g/mol. The summed E-state index contributed by atoms with van der Waals surface area (Å²) in [4.78, 5) is 12.3. The Morgan fingerprint density at radius 2 is 2.00 bits per heavy atom. The molecule has 0 unspecified atom stereocenters. The van der Waals surface area contributed by atoms with Gasteiger partial charge in [-0.3, -0.25) is 10.1 Å². The Hall–Kier alpha value is -1.60. The molecule has 1 aromatic carbocycles. The van der Waals surface area contributed by atoms with Crippen molar-refractivity contribution in [3.05, 3.63) is 29.3 Å². The molecular formula is C15H19N3O2S2. The molecular weight excluding hydrogens is 318 g/mol. The fourth-order valence-electron chi connectivity index (χ4n) is 2.02. The highest BCUT2D eigenvalue weighted by molar-refractivity contribution is 8.00. The average Bonchev–Trinajstić information content (AvgIpc) is 2.91. The molecule has 1 N–H and O–H groups in total. The van der Waals surface area contributed by atoms with Gasteiger partial charge in [0.25, 0.3) is 5.91 Å². The predicted molar refractivity (Wildman–Crippen MR) is 90.9 cm³/mol. The number of anilines is 1. The van der Waals surface area contributed by atoms with E-state index in [2.05, 4.69) is 21.6 Å². The van der Waals surface area contributed by atoms with E-state index in [9.17, 15) is 4.79 Å². The molecule has 1 aromatic heterocycles.